The van der Waals surface area contributed by atoms with Gasteiger partial charge in [0.25, 0.3) is 0 Å². The minimum absolute atomic E-state index is 0.244. The molecule has 152 valence electrons. The van der Waals surface area contributed by atoms with Crippen molar-refractivity contribution in [2.24, 2.45) is 0 Å². The Kier molecular flexibility index (Phi) is 7.14. The Balaban J connectivity index is 1.86. The van der Waals surface area contributed by atoms with Crippen molar-refractivity contribution in [1.29, 1.82) is 0 Å². The highest BCUT2D eigenvalue weighted by Gasteiger charge is 2.38. The van der Waals surface area contributed by atoms with Crippen LogP contribution in [-0.4, -0.2) is 84.8 Å². The van der Waals surface area contributed by atoms with E-state index in [1.807, 2.05) is 0 Å². The fourth-order valence-electron chi connectivity index (χ4n) is 2.84. The number of morpholine rings is 1. The van der Waals surface area contributed by atoms with E-state index in [0.29, 0.717) is 39.0 Å². The summed E-state index contributed by atoms with van der Waals surface area (Å²) >= 11 is 0. The summed E-state index contributed by atoms with van der Waals surface area (Å²) in [7, 11) is 0. The molecule has 0 unspecified atom stereocenters. The number of hydrogen-bond donors (Lipinski definition) is 1. The number of likely N-dealkylation sites (tertiary alicyclic amines) is 1. The number of carbonyl (C=O) groups is 4. The lowest BCUT2D eigenvalue weighted by Crippen LogP contribution is -2.47. The van der Waals surface area contributed by atoms with Crippen LogP contribution in [0.2, 0.25) is 0 Å². The summed E-state index contributed by atoms with van der Waals surface area (Å²) in [4.78, 5) is 54.3. The molecular weight excluding hydrogens is 358 g/mol. The number of rotatable bonds is 6. The zero-order chi connectivity index (χ0) is 20.0. The molecule has 2 rings (SSSR count). The van der Waals surface area contributed by atoms with Crippen molar-refractivity contribution in [2.75, 3.05) is 32.8 Å². The second-order valence-electron chi connectivity index (χ2n) is 7.43. The van der Waals surface area contributed by atoms with Gasteiger partial charge in [0.2, 0.25) is 5.91 Å². The first-order chi connectivity index (χ1) is 12.7. The third-order valence-electron chi connectivity index (χ3n) is 4.07. The van der Waals surface area contributed by atoms with Gasteiger partial charge in [0, 0.05) is 6.54 Å². The van der Waals surface area contributed by atoms with Gasteiger partial charge >= 0.3 is 12.1 Å². The molecule has 2 fully saturated rings. The second kappa shape index (κ2) is 9.14. The van der Waals surface area contributed by atoms with E-state index in [4.69, 9.17) is 14.3 Å². The summed E-state index contributed by atoms with van der Waals surface area (Å²) in [6, 6.07) is -1.71. The van der Waals surface area contributed by atoms with Gasteiger partial charge in [-0.2, -0.15) is 0 Å². The minimum atomic E-state index is -0.934. The first kappa shape index (κ1) is 21.1. The van der Waals surface area contributed by atoms with E-state index < -0.39 is 35.7 Å². The summed E-state index contributed by atoms with van der Waals surface area (Å²) in [5.41, 5.74) is -0.681. The van der Waals surface area contributed by atoms with E-state index in [1.54, 1.807) is 20.8 Å². The molecule has 10 nitrogen and oxygen atoms in total. The van der Waals surface area contributed by atoms with Crippen molar-refractivity contribution >= 4 is 24.3 Å². The van der Waals surface area contributed by atoms with Crippen molar-refractivity contribution in [2.45, 2.75) is 51.3 Å². The quantitative estimate of drug-likeness (QED) is 0.629. The molecule has 2 saturated heterocycles. The number of hydroxylamine groups is 2. The SMILES string of the molecule is CC(C)(C)OC(=O)N[C@H]1CCN([C@H](C=O)CC(=O)ON2CCOCC2)C1=O. The van der Waals surface area contributed by atoms with Crippen molar-refractivity contribution < 1.29 is 33.5 Å². The first-order valence-corrected chi connectivity index (χ1v) is 8.98. The zero-order valence-electron chi connectivity index (χ0n) is 15.9. The molecule has 2 heterocycles. The maximum absolute atomic E-state index is 12.5. The molecule has 10 heteroatoms. The van der Waals surface area contributed by atoms with E-state index >= 15 is 0 Å². The van der Waals surface area contributed by atoms with Gasteiger partial charge in [-0.25, -0.2) is 4.79 Å². The number of nitrogens with zero attached hydrogens (tertiary/aromatic N) is 2. The molecule has 2 aliphatic heterocycles. The largest absolute Gasteiger partial charge is 0.444 e. The third-order valence-corrected chi connectivity index (χ3v) is 4.07. The van der Waals surface area contributed by atoms with Gasteiger partial charge in [-0.3, -0.25) is 9.59 Å². The monoisotopic (exact) mass is 385 g/mol. The minimum Gasteiger partial charge on any atom is -0.444 e. The third kappa shape index (κ3) is 6.47. The summed E-state index contributed by atoms with van der Waals surface area (Å²) in [6.45, 7) is 7.27. The average Bonchev–Trinajstić information content (AvgIpc) is 2.92. The Bertz CT molecular complexity index is 569. The lowest BCUT2D eigenvalue weighted by atomic mass is 10.2. The van der Waals surface area contributed by atoms with Crippen molar-refractivity contribution in [3.63, 3.8) is 0 Å². The number of aldehydes is 1. The molecule has 0 aromatic carbocycles. The molecule has 2 atom stereocenters. The van der Waals surface area contributed by atoms with E-state index in [0.717, 1.165) is 0 Å². The number of ether oxygens (including phenoxy) is 2. The van der Waals surface area contributed by atoms with Crippen LogP contribution < -0.4 is 5.32 Å². The maximum Gasteiger partial charge on any atom is 0.408 e. The molecule has 0 radical (unpaired) electrons. The van der Waals surface area contributed by atoms with Gasteiger partial charge < -0.3 is 29.3 Å². The molecule has 0 aromatic heterocycles. The van der Waals surface area contributed by atoms with Crippen LogP contribution >= 0.6 is 0 Å². The topological polar surface area (TPSA) is 114 Å². The van der Waals surface area contributed by atoms with Crippen LogP contribution in [0.5, 0.6) is 0 Å². The van der Waals surface area contributed by atoms with Gasteiger partial charge in [0.15, 0.2) is 0 Å². The predicted octanol–water partition coefficient (Wildman–Crippen LogP) is -0.140. The summed E-state index contributed by atoms with van der Waals surface area (Å²) in [5, 5.41) is 3.99. The molecule has 0 aromatic rings. The second-order valence-corrected chi connectivity index (χ2v) is 7.43. The van der Waals surface area contributed by atoms with E-state index in [2.05, 4.69) is 5.32 Å². The van der Waals surface area contributed by atoms with Crippen LogP contribution in [0.1, 0.15) is 33.6 Å². The van der Waals surface area contributed by atoms with Crippen LogP contribution in [0.15, 0.2) is 0 Å². The average molecular weight is 385 g/mol. The van der Waals surface area contributed by atoms with Gasteiger partial charge in [-0.1, -0.05) is 0 Å². The molecule has 0 bridgehead atoms. The number of nitrogens with one attached hydrogen (secondary N) is 1. The van der Waals surface area contributed by atoms with Crippen LogP contribution in [0.25, 0.3) is 0 Å². The van der Waals surface area contributed by atoms with E-state index in [-0.39, 0.29) is 13.0 Å². The number of carbonyl (C=O) groups excluding carboxylic acids is 4. The lowest BCUT2D eigenvalue weighted by molar-refractivity contribution is -0.206. The van der Waals surface area contributed by atoms with E-state index in [9.17, 15) is 19.2 Å². The molecule has 2 aliphatic rings. The Morgan fingerprint density at radius 3 is 2.56 bits per heavy atom. The number of hydrogen-bond acceptors (Lipinski definition) is 8. The molecule has 2 amide bonds. The molecule has 0 spiro atoms. The number of amides is 2. The lowest BCUT2D eigenvalue weighted by Gasteiger charge is -2.27. The standard InChI is InChI=1S/C17H27N3O7/c1-17(2,3)26-16(24)18-13-4-5-20(15(13)23)12(11-21)10-14(22)27-19-6-8-25-9-7-19/h11-13H,4-10H2,1-3H3,(H,18,24)/t12-,13-/m0/s1. The van der Waals surface area contributed by atoms with Gasteiger partial charge in [0.1, 0.15) is 17.9 Å². The fourth-order valence-corrected chi connectivity index (χ4v) is 2.84. The van der Waals surface area contributed by atoms with Crippen molar-refractivity contribution in [3.05, 3.63) is 0 Å². The predicted molar refractivity (Wildman–Crippen MR) is 92.4 cm³/mol. The Hall–Kier alpha value is -2.20. The number of alkyl carbamates (subject to hydrolysis) is 1. The molecule has 0 saturated carbocycles. The summed E-state index contributed by atoms with van der Waals surface area (Å²) < 4.78 is 10.3. The fraction of sp³-hybridized carbons (Fsp3) is 0.765. The zero-order valence-corrected chi connectivity index (χ0v) is 15.9. The maximum atomic E-state index is 12.5. The van der Waals surface area contributed by atoms with Gasteiger partial charge in [-0.15, -0.1) is 5.06 Å². The van der Waals surface area contributed by atoms with E-state index in [1.165, 1.54) is 9.96 Å². The van der Waals surface area contributed by atoms with Crippen molar-refractivity contribution in [3.8, 4) is 0 Å². The summed E-state index contributed by atoms with van der Waals surface area (Å²) in [5.74, 6) is -1.01. The Labute approximate surface area is 158 Å². The normalized spacial score (nSPS) is 22.3. The Morgan fingerprint density at radius 2 is 1.96 bits per heavy atom. The van der Waals surface area contributed by atoms with Gasteiger partial charge in [-0.05, 0) is 27.2 Å². The molecule has 27 heavy (non-hydrogen) atoms. The molecule has 1 N–H and O–H groups in total. The van der Waals surface area contributed by atoms with Crippen LogP contribution in [0, 0.1) is 0 Å². The van der Waals surface area contributed by atoms with Crippen LogP contribution in [-0.2, 0) is 28.7 Å². The van der Waals surface area contributed by atoms with Crippen LogP contribution in [0.3, 0.4) is 0 Å². The highest BCUT2D eigenvalue weighted by molar-refractivity contribution is 5.90. The van der Waals surface area contributed by atoms with Gasteiger partial charge in [0.05, 0.1) is 38.8 Å². The Morgan fingerprint density at radius 1 is 1.30 bits per heavy atom. The van der Waals surface area contributed by atoms with Crippen LogP contribution in [0.4, 0.5) is 4.79 Å². The van der Waals surface area contributed by atoms with Crippen molar-refractivity contribution in [1.82, 2.24) is 15.3 Å². The molecule has 0 aliphatic carbocycles. The highest BCUT2D eigenvalue weighted by atomic mass is 16.7. The molecular formula is C17H27N3O7. The smallest absolute Gasteiger partial charge is 0.408 e. The first-order valence-electron chi connectivity index (χ1n) is 8.98. The highest BCUT2D eigenvalue weighted by Crippen LogP contribution is 2.17. The summed E-state index contributed by atoms with van der Waals surface area (Å²) in [6.07, 6.45) is -0.0573.